The second kappa shape index (κ2) is 7.56. The van der Waals surface area contributed by atoms with E-state index in [4.69, 9.17) is 9.47 Å². The number of ether oxygens (including phenoxy) is 2. The van der Waals surface area contributed by atoms with Gasteiger partial charge in [-0.1, -0.05) is 30.3 Å². The van der Waals surface area contributed by atoms with Crippen molar-refractivity contribution in [3.05, 3.63) is 82.3 Å². The number of anilines is 2. The summed E-state index contributed by atoms with van der Waals surface area (Å²) in [6.07, 6.45) is -0.443. The van der Waals surface area contributed by atoms with Gasteiger partial charge in [0.25, 0.3) is 5.91 Å². The molecule has 0 saturated heterocycles. The Balaban J connectivity index is 1.91. The molecule has 0 aliphatic carbocycles. The van der Waals surface area contributed by atoms with Gasteiger partial charge < -0.3 is 14.8 Å². The van der Waals surface area contributed by atoms with Crippen LogP contribution in [0.1, 0.15) is 22.1 Å². The minimum atomic E-state index is -0.443. The number of hydrogen-bond donors (Lipinski definition) is 1. The molecule has 1 unspecified atom stereocenters. The number of methoxy groups -OCH3 is 2. The fourth-order valence-corrected chi connectivity index (χ4v) is 3.95. The summed E-state index contributed by atoms with van der Waals surface area (Å²) in [6, 6.07) is 20.9. The topological polar surface area (TPSA) is 50.8 Å². The molecule has 0 bridgehead atoms. The molecule has 4 rings (SSSR count). The molecule has 1 aliphatic rings. The molecule has 1 atom stereocenters. The Bertz CT molecular complexity index is 1020. The summed E-state index contributed by atoms with van der Waals surface area (Å²) in [4.78, 5) is 15.2. The van der Waals surface area contributed by atoms with Crippen LogP contribution in [0.25, 0.3) is 0 Å². The summed E-state index contributed by atoms with van der Waals surface area (Å²) in [6.45, 7) is 0. The van der Waals surface area contributed by atoms with Crippen LogP contribution in [-0.4, -0.2) is 20.1 Å². The van der Waals surface area contributed by atoms with E-state index < -0.39 is 6.17 Å². The van der Waals surface area contributed by atoms with Crippen molar-refractivity contribution in [3.63, 3.8) is 0 Å². The van der Waals surface area contributed by atoms with Gasteiger partial charge in [0.2, 0.25) is 0 Å². The Labute approximate surface area is 172 Å². The zero-order chi connectivity index (χ0) is 19.7. The van der Waals surface area contributed by atoms with Crippen LogP contribution in [0.4, 0.5) is 11.4 Å². The number of benzene rings is 3. The first-order valence-electron chi connectivity index (χ1n) is 8.79. The third kappa shape index (κ3) is 3.10. The fraction of sp³-hybridized carbons (Fsp3) is 0.136. The Hall–Kier alpha value is -2.99. The van der Waals surface area contributed by atoms with Crippen LogP contribution < -0.4 is 19.7 Å². The number of amides is 1. The third-order valence-corrected chi connectivity index (χ3v) is 5.38. The van der Waals surface area contributed by atoms with E-state index in [1.54, 1.807) is 19.1 Å². The van der Waals surface area contributed by atoms with E-state index in [1.807, 2.05) is 66.7 Å². The van der Waals surface area contributed by atoms with Crippen LogP contribution in [0.3, 0.4) is 0 Å². The van der Waals surface area contributed by atoms with Gasteiger partial charge in [0.05, 0.1) is 24.3 Å². The zero-order valence-electron chi connectivity index (χ0n) is 15.5. The Kier molecular flexibility index (Phi) is 4.96. The average molecular weight is 439 g/mol. The smallest absolute Gasteiger partial charge is 0.262 e. The SMILES string of the molecule is COc1cc(OC)c(C2Nc3ccccc3C(=O)N2c2ccccc2)cc1Br. The van der Waals surface area contributed by atoms with E-state index in [-0.39, 0.29) is 5.91 Å². The minimum Gasteiger partial charge on any atom is -0.496 e. The van der Waals surface area contributed by atoms with E-state index in [9.17, 15) is 4.79 Å². The van der Waals surface area contributed by atoms with Crippen LogP contribution in [-0.2, 0) is 0 Å². The first-order valence-corrected chi connectivity index (χ1v) is 9.59. The maximum atomic E-state index is 13.4. The number of para-hydroxylation sites is 2. The highest BCUT2D eigenvalue weighted by molar-refractivity contribution is 9.10. The molecule has 142 valence electrons. The van der Waals surface area contributed by atoms with Gasteiger partial charge in [0.15, 0.2) is 0 Å². The minimum absolute atomic E-state index is 0.0699. The molecule has 0 aromatic heterocycles. The van der Waals surface area contributed by atoms with Crippen LogP contribution in [0.2, 0.25) is 0 Å². The van der Waals surface area contributed by atoms with Crippen LogP contribution in [0.5, 0.6) is 11.5 Å². The first kappa shape index (κ1) is 18.4. The molecule has 28 heavy (non-hydrogen) atoms. The molecular formula is C22H19BrN2O3. The van der Waals surface area contributed by atoms with Gasteiger partial charge in [-0.2, -0.15) is 0 Å². The van der Waals surface area contributed by atoms with E-state index in [1.165, 1.54) is 0 Å². The number of fused-ring (bicyclic) bond motifs is 1. The summed E-state index contributed by atoms with van der Waals surface area (Å²) in [5.74, 6) is 1.22. The monoisotopic (exact) mass is 438 g/mol. The van der Waals surface area contributed by atoms with Gasteiger partial charge in [0.1, 0.15) is 17.7 Å². The van der Waals surface area contributed by atoms with Crippen molar-refractivity contribution in [1.82, 2.24) is 0 Å². The van der Waals surface area contributed by atoms with Crippen molar-refractivity contribution in [2.24, 2.45) is 0 Å². The van der Waals surface area contributed by atoms with Crippen molar-refractivity contribution in [3.8, 4) is 11.5 Å². The maximum absolute atomic E-state index is 13.4. The highest BCUT2D eigenvalue weighted by atomic mass is 79.9. The normalized spacial score (nSPS) is 15.6. The summed E-state index contributed by atoms with van der Waals surface area (Å²) in [7, 11) is 3.21. The lowest BCUT2D eigenvalue weighted by Gasteiger charge is -2.38. The third-order valence-electron chi connectivity index (χ3n) is 4.76. The van der Waals surface area contributed by atoms with E-state index in [0.29, 0.717) is 17.1 Å². The highest BCUT2D eigenvalue weighted by Gasteiger charge is 2.35. The number of hydrogen-bond acceptors (Lipinski definition) is 4. The predicted molar refractivity (Wildman–Crippen MR) is 113 cm³/mol. The number of carbonyl (C=O) groups is 1. The second-order valence-corrected chi connectivity index (χ2v) is 7.19. The van der Waals surface area contributed by atoms with Gasteiger partial charge in [0, 0.05) is 23.0 Å². The van der Waals surface area contributed by atoms with Crippen molar-refractivity contribution in [1.29, 1.82) is 0 Å². The molecule has 1 N–H and O–H groups in total. The molecule has 6 heteroatoms. The molecule has 0 fully saturated rings. The summed E-state index contributed by atoms with van der Waals surface area (Å²) in [5, 5.41) is 3.50. The van der Waals surface area contributed by atoms with Gasteiger partial charge in [-0.3, -0.25) is 9.69 Å². The van der Waals surface area contributed by atoms with Crippen molar-refractivity contribution >= 4 is 33.2 Å². The molecule has 0 saturated carbocycles. The van der Waals surface area contributed by atoms with Crippen LogP contribution in [0.15, 0.2) is 71.2 Å². The van der Waals surface area contributed by atoms with E-state index in [0.717, 1.165) is 21.4 Å². The number of nitrogens with zero attached hydrogens (tertiary/aromatic N) is 1. The van der Waals surface area contributed by atoms with Gasteiger partial charge in [-0.05, 0) is 46.3 Å². The molecule has 3 aromatic rings. The molecule has 1 amide bonds. The van der Waals surface area contributed by atoms with Crippen LogP contribution in [0, 0.1) is 0 Å². The molecule has 1 aliphatic heterocycles. The van der Waals surface area contributed by atoms with E-state index in [2.05, 4.69) is 21.2 Å². The lowest BCUT2D eigenvalue weighted by atomic mass is 10.0. The largest absolute Gasteiger partial charge is 0.496 e. The number of rotatable bonds is 4. The summed E-state index contributed by atoms with van der Waals surface area (Å²) in [5.41, 5.74) is 3.04. The zero-order valence-corrected chi connectivity index (χ0v) is 17.1. The van der Waals surface area contributed by atoms with E-state index >= 15 is 0 Å². The number of halogens is 1. The molecule has 3 aromatic carbocycles. The second-order valence-electron chi connectivity index (χ2n) is 6.33. The highest BCUT2D eigenvalue weighted by Crippen LogP contribution is 2.42. The number of nitrogens with one attached hydrogen (secondary N) is 1. The Morgan fingerprint density at radius 3 is 2.32 bits per heavy atom. The van der Waals surface area contributed by atoms with Crippen molar-refractivity contribution in [2.75, 3.05) is 24.4 Å². The van der Waals surface area contributed by atoms with Gasteiger partial charge >= 0.3 is 0 Å². The predicted octanol–water partition coefficient (Wildman–Crippen LogP) is 5.24. The number of carbonyl (C=O) groups excluding carboxylic acids is 1. The molecular weight excluding hydrogens is 420 g/mol. The lowest BCUT2D eigenvalue weighted by Crippen LogP contribution is -2.43. The molecule has 0 radical (unpaired) electrons. The van der Waals surface area contributed by atoms with Crippen molar-refractivity contribution in [2.45, 2.75) is 6.17 Å². The quantitative estimate of drug-likeness (QED) is 0.605. The van der Waals surface area contributed by atoms with Gasteiger partial charge in [-0.25, -0.2) is 0 Å². The Morgan fingerprint density at radius 2 is 1.61 bits per heavy atom. The molecule has 0 spiro atoms. The van der Waals surface area contributed by atoms with Crippen LogP contribution >= 0.6 is 15.9 Å². The maximum Gasteiger partial charge on any atom is 0.262 e. The molecule has 1 heterocycles. The first-order chi connectivity index (χ1) is 13.6. The lowest BCUT2D eigenvalue weighted by molar-refractivity contribution is 0.0974. The fourth-order valence-electron chi connectivity index (χ4n) is 3.42. The average Bonchev–Trinajstić information content (AvgIpc) is 2.74. The summed E-state index contributed by atoms with van der Waals surface area (Å²) >= 11 is 3.55. The Morgan fingerprint density at radius 1 is 0.929 bits per heavy atom. The molecule has 5 nitrogen and oxygen atoms in total. The van der Waals surface area contributed by atoms with Crippen molar-refractivity contribution < 1.29 is 14.3 Å². The summed E-state index contributed by atoms with van der Waals surface area (Å²) < 4.78 is 11.8. The van der Waals surface area contributed by atoms with Gasteiger partial charge in [-0.15, -0.1) is 0 Å². The standard InChI is InChI=1S/C22H19BrN2O3/c1-27-19-13-20(28-2)17(23)12-16(19)21-24-18-11-7-6-10-15(18)22(26)25(21)14-8-4-3-5-9-14/h3-13,21,24H,1-2H3.